The summed E-state index contributed by atoms with van der Waals surface area (Å²) in [5, 5.41) is 12.3. The number of hydrogen-bond acceptors (Lipinski definition) is 3. The summed E-state index contributed by atoms with van der Waals surface area (Å²) in [5.41, 5.74) is 0. The van der Waals surface area contributed by atoms with Crippen LogP contribution in [-0.2, 0) is 0 Å². The Balaban J connectivity index is 2.35. The predicted molar refractivity (Wildman–Crippen MR) is 82.3 cm³/mol. The van der Waals surface area contributed by atoms with E-state index in [0.29, 0.717) is 12.6 Å². The lowest BCUT2D eigenvalue weighted by Gasteiger charge is -2.41. The maximum Gasteiger partial charge on any atom is 0.0431 e. The van der Waals surface area contributed by atoms with E-state index in [1.54, 1.807) is 0 Å². The molecule has 0 aromatic rings. The van der Waals surface area contributed by atoms with Crippen molar-refractivity contribution in [3.8, 4) is 0 Å². The van der Waals surface area contributed by atoms with Crippen LogP contribution in [0.1, 0.15) is 46.0 Å². The Kier molecular flexibility index (Phi) is 7.96. The maximum atomic E-state index is 8.80. The molecule has 4 unspecified atom stereocenters. The summed E-state index contributed by atoms with van der Waals surface area (Å²) in [6.45, 7) is 7.51. The van der Waals surface area contributed by atoms with Crippen molar-refractivity contribution in [2.24, 2.45) is 17.8 Å². The highest BCUT2D eigenvalue weighted by Gasteiger charge is 2.33. The van der Waals surface area contributed by atoms with Crippen molar-refractivity contribution < 1.29 is 5.11 Å². The Hall–Kier alpha value is -0.120. The molecule has 0 heterocycles. The van der Waals surface area contributed by atoms with Gasteiger partial charge >= 0.3 is 0 Å². The van der Waals surface area contributed by atoms with Crippen LogP contribution in [0.5, 0.6) is 0 Å². The molecule has 1 aliphatic rings. The minimum absolute atomic E-state index is 0.336. The Morgan fingerprint density at radius 1 is 1.16 bits per heavy atom. The molecule has 3 nitrogen and oxygen atoms in total. The molecular weight excluding hydrogens is 236 g/mol. The Bertz CT molecular complexity index is 235. The molecule has 0 bridgehead atoms. The third-order valence-corrected chi connectivity index (χ3v) is 4.77. The molecule has 4 atom stereocenters. The van der Waals surface area contributed by atoms with E-state index in [0.717, 1.165) is 37.1 Å². The normalized spacial score (nSPS) is 31.9. The number of hydrogen-bond donors (Lipinski definition) is 2. The van der Waals surface area contributed by atoms with Crippen LogP contribution in [-0.4, -0.2) is 49.8 Å². The molecule has 0 radical (unpaired) electrons. The Labute approximate surface area is 119 Å². The van der Waals surface area contributed by atoms with E-state index in [4.69, 9.17) is 5.11 Å². The summed E-state index contributed by atoms with van der Waals surface area (Å²) in [4.78, 5) is 2.48. The zero-order valence-electron chi connectivity index (χ0n) is 13.4. The first kappa shape index (κ1) is 16.9. The fraction of sp³-hybridized carbons (Fsp3) is 1.00. The zero-order chi connectivity index (χ0) is 14.3. The second-order valence-electron chi connectivity index (χ2n) is 6.66. The first-order chi connectivity index (χ1) is 9.08. The summed E-state index contributed by atoms with van der Waals surface area (Å²) in [6, 6.07) is 0.679. The molecule has 0 amide bonds. The average molecular weight is 270 g/mol. The van der Waals surface area contributed by atoms with Gasteiger partial charge in [0.05, 0.1) is 0 Å². The molecule has 0 spiro atoms. The third kappa shape index (κ3) is 5.80. The van der Waals surface area contributed by atoms with Gasteiger partial charge in [0, 0.05) is 19.2 Å². The fourth-order valence-electron chi connectivity index (χ4n) is 3.67. The number of rotatable bonds is 8. The summed E-state index contributed by atoms with van der Waals surface area (Å²) in [7, 11) is 4.36. The maximum absolute atomic E-state index is 8.80. The van der Waals surface area contributed by atoms with E-state index in [2.05, 4.69) is 38.2 Å². The minimum atomic E-state index is 0.336. The lowest BCUT2D eigenvalue weighted by molar-refractivity contribution is 0.114. The molecule has 0 saturated heterocycles. The molecule has 0 aromatic heterocycles. The van der Waals surface area contributed by atoms with Crippen molar-refractivity contribution in [1.82, 2.24) is 10.2 Å². The molecule has 2 N–H and O–H groups in total. The van der Waals surface area contributed by atoms with Crippen LogP contribution in [0.15, 0.2) is 0 Å². The van der Waals surface area contributed by atoms with E-state index < -0.39 is 0 Å². The van der Waals surface area contributed by atoms with E-state index in [1.807, 2.05) is 0 Å². The molecule has 19 heavy (non-hydrogen) atoms. The SMILES string of the molecule is CNC1CC(C)CC(C)C1CN(C)CCCCCO. The van der Waals surface area contributed by atoms with Gasteiger partial charge in [-0.1, -0.05) is 13.8 Å². The molecule has 0 aromatic carbocycles. The highest BCUT2D eigenvalue weighted by molar-refractivity contribution is 4.88. The summed E-state index contributed by atoms with van der Waals surface area (Å²) in [5.74, 6) is 2.46. The third-order valence-electron chi connectivity index (χ3n) is 4.77. The van der Waals surface area contributed by atoms with Gasteiger partial charge in [-0.3, -0.25) is 0 Å². The fourth-order valence-corrected chi connectivity index (χ4v) is 3.67. The standard InChI is InChI=1S/C16H34N2O/c1-13-10-14(2)15(16(11-13)17-3)12-18(4)8-6-5-7-9-19/h13-17,19H,5-12H2,1-4H3. The monoisotopic (exact) mass is 270 g/mol. The van der Waals surface area contributed by atoms with Crippen molar-refractivity contribution in [1.29, 1.82) is 0 Å². The topological polar surface area (TPSA) is 35.5 Å². The second-order valence-corrected chi connectivity index (χ2v) is 6.66. The van der Waals surface area contributed by atoms with Gasteiger partial charge < -0.3 is 15.3 Å². The van der Waals surface area contributed by atoms with Gasteiger partial charge in [-0.15, -0.1) is 0 Å². The van der Waals surface area contributed by atoms with Crippen LogP contribution in [0.3, 0.4) is 0 Å². The minimum Gasteiger partial charge on any atom is -0.396 e. The molecule has 1 saturated carbocycles. The van der Waals surface area contributed by atoms with Crippen molar-refractivity contribution >= 4 is 0 Å². The van der Waals surface area contributed by atoms with Crippen LogP contribution in [0.4, 0.5) is 0 Å². The molecule has 3 heteroatoms. The van der Waals surface area contributed by atoms with Crippen molar-refractivity contribution in [3.63, 3.8) is 0 Å². The van der Waals surface area contributed by atoms with Crippen LogP contribution < -0.4 is 5.32 Å². The van der Waals surface area contributed by atoms with Crippen LogP contribution >= 0.6 is 0 Å². The number of nitrogens with one attached hydrogen (secondary N) is 1. The molecule has 1 rings (SSSR count). The van der Waals surface area contributed by atoms with E-state index in [1.165, 1.54) is 25.8 Å². The lowest BCUT2D eigenvalue weighted by atomic mass is 9.72. The highest BCUT2D eigenvalue weighted by atomic mass is 16.2. The average Bonchev–Trinajstić information content (AvgIpc) is 2.37. The predicted octanol–water partition coefficient (Wildman–Crippen LogP) is 2.35. The quantitative estimate of drug-likeness (QED) is 0.665. The van der Waals surface area contributed by atoms with E-state index >= 15 is 0 Å². The smallest absolute Gasteiger partial charge is 0.0431 e. The summed E-state index contributed by atoms with van der Waals surface area (Å²) in [6.07, 6.45) is 6.00. The lowest BCUT2D eigenvalue weighted by Crippen LogP contribution is -2.47. The Morgan fingerprint density at radius 3 is 2.53 bits per heavy atom. The van der Waals surface area contributed by atoms with Crippen molar-refractivity contribution in [2.45, 2.75) is 52.0 Å². The first-order valence-electron chi connectivity index (χ1n) is 8.05. The highest BCUT2D eigenvalue weighted by Crippen LogP contribution is 2.34. The van der Waals surface area contributed by atoms with Crippen LogP contribution in [0.2, 0.25) is 0 Å². The van der Waals surface area contributed by atoms with E-state index in [-0.39, 0.29) is 0 Å². The number of aliphatic hydroxyl groups is 1. The second kappa shape index (κ2) is 8.93. The van der Waals surface area contributed by atoms with Gasteiger partial charge in [0.25, 0.3) is 0 Å². The number of unbranched alkanes of at least 4 members (excludes halogenated alkanes) is 2. The molecule has 1 fully saturated rings. The van der Waals surface area contributed by atoms with Gasteiger partial charge in [0.15, 0.2) is 0 Å². The first-order valence-corrected chi connectivity index (χ1v) is 8.05. The van der Waals surface area contributed by atoms with Gasteiger partial charge in [0.2, 0.25) is 0 Å². The van der Waals surface area contributed by atoms with Gasteiger partial charge in [-0.2, -0.15) is 0 Å². The zero-order valence-corrected chi connectivity index (χ0v) is 13.4. The number of nitrogens with zero attached hydrogens (tertiary/aromatic N) is 1. The molecular formula is C16H34N2O. The summed E-state index contributed by atoms with van der Waals surface area (Å²) >= 11 is 0. The van der Waals surface area contributed by atoms with Crippen LogP contribution in [0.25, 0.3) is 0 Å². The van der Waals surface area contributed by atoms with Crippen LogP contribution in [0, 0.1) is 17.8 Å². The Morgan fingerprint density at radius 2 is 1.89 bits per heavy atom. The van der Waals surface area contributed by atoms with Gasteiger partial charge in [0.1, 0.15) is 0 Å². The van der Waals surface area contributed by atoms with Gasteiger partial charge in [-0.05, 0) is 70.5 Å². The van der Waals surface area contributed by atoms with Crippen molar-refractivity contribution in [3.05, 3.63) is 0 Å². The number of aliphatic hydroxyl groups excluding tert-OH is 1. The molecule has 0 aliphatic heterocycles. The molecule has 114 valence electrons. The molecule has 1 aliphatic carbocycles. The largest absolute Gasteiger partial charge is 0.396 e. The van der Waals surface area contributed by atoms with Crippen molar-refractivity contribution in [2.75, 3.05) is 33.8 Å². The van der Waals surface area contributed by atoms with E-state index in [9.17, 15) is 0 Å². The van der Waals surface area contributed by atoms with Gasteiger partial charge in [-0.25, -0.2) is 0 Å². The summed E-state index contributed by atoms with van der Waals surface area (Å²) < 4.78 is 0.